The Morgan fingerprint density at radius 1 is 0.530 bits per heavy atom. The fourth-order valence-electron chi connectivity index (χ4n) is 6.63. The monoisotopic (exact) mass is 1060 g/mol. The van der Waals surface area contributed by atoms with Crippen LogP contribution in [0.1, 0.15) is 66.5 Å². The number of benzene rings is 4. The molecule has 2 aliphatic rings. The molecule has 4 aromatic carbocycles. The van der Waals surface area contributed by atoms with Gasteiger partial charge in [0.15, 0.2) is 0 Å². The first kappa shape index (κ1) is 57.4. The zero-order chi connectivity index (χ0) is 51.0. The van der Waals surface area contributed by atoms with Crippen molar-refractivity contribution in [1.82, 2.24) is 14.2 Å². The second-order valence-corrected chi connectivity index (χ2v) is 22.8. The minimum Gasteiger partial charge on any atom is -0.286 e. The molecule has 30 heteroatoms. The Labute approximate surface area is 386 Å². The van der Waals surface area contributed by atoms with Gasteiger partial charge in [-0.1, -0.05) is 59.7 Å². The fourth-order valence-corrected chi connectivity index (χ4v) is 10.6. The van der Waals surface area contributed by atoms with Gasteiger partial charge < -0.3 is 0 Å². The maximum absolute atomic E-state index is 13.1. The van der Waals surface area contributed by atoms with E-state index in [4.69, 9.17) is 42.4 Å². The van der Waals surface area contributed by atoms with Crippen LogP contribution >= 0.6 is 0 Å². The van der Waals surface area contributed by atoms with Gasteiger partial charge in [0.2, 0.25) is 30.1 Å². The van der Waals surface area contributed by atoms with E-state index in [2.05, 4.69) is 38.0 Å². The van der Waals surface area contributed by atoms with Gasteiger partial charge in [0.25, 0.3) is 10.1 Å². The first-order valence-electron chi connectivity index (χ1n) is 18.6. The quantitative estimate of drug-likeness (QED) is 0.156. The maximum atomic E-state index is 13.1. The van der Waals surface area contributed by atoms with E-state index < -0.39 is 89.7 Å². The molecule has 0 saturated heterocycles. The molecule has 0 aliphatic carbocycles. The highest BCUT2D eigenvalue weighted by molar-refractivity contribution is 7.90. The Balaban J connectivity index is 0.000000378. The summed E-state index contributed by atoms with van der Waals surface area (Å²) in [6.07, 6.45) is 0. The lowest BCUT2D eigenvalue weighted by Crippen LogP contribution is -2.30. The first-order chi connectivity index (χ1) is 30.1. The van der Waals surface area contributed by atoms with E-state index in [1.165, 1.54) is 6.07 Å². The van der Waals surface area contributed by atoms with Gasteiger partial charge in [-0.05, 0) is 77.5 Å². The summed E-state index contributed by atoms with van der Waals surface area (Å²) < 4.78 is 190. The van der Waals surface area contributed by atoms with Crippen molar-refractivity contribution in [3.05, 3.63) is 65.7 Å². The van der Waals surface area contributed by atoms with Gasteiger partial charge in [-0.25, -0.2) is 39.4 Å². The largest absolute Gasteiger partial charge is 0.425 e. The second kappa shape index (κ2) is 22.4. The highest BCUT2D eigenvalue weighted by atomic mass is 32.2. The van der Waals surface area contributed by atoms with Crippen LogP contribution in [0.3, 0.4) is 0 Å². The number of nitrogens with one attached hydrogen (secondary N) is 3. The summed E-state index contributed by atoms with van der Waals surface area (Å²) in [4.78, 5) is 8.92. The van der Waals surface area contributed by atoms with E-state index in [0.29, 0.717) is 28.1 Å². The lowest BCUT2D eigenvalue weighted by Gasteiger charge is -2.23. The van der Waals surface area contributed by atoms with Gasteiger partial charge in [-0.2, -0.15) is 8.42 Å². The molecule has 23 nitrogen and oxygen atoms in total. The molecule has 0 atom stereocenters. The van der Waals surface area contributed by atoms with Crippen LogP contribution in [-0.2, 0) is 82.8 Å². The number of fused-ring (bicyclic) bond motifs is 6. The molecule has 66 heavy (non-hydrogen) atoms. The van der Waals surface area contributed by atoms with Crippen molar-refractivity contribution in [3.8, 4) is 0 Å². The molecular formula is C36H45N5O18S7. The summed E-state index contributed by atoms with van der Waals surface area (Å²) in [6.45, 7) is 15.2. The van der Waals surface area contributed by atoms with Gasteiger partial charge in [0.05, 0.1) is 31.8 Å². The average molecular weight is 1060 g/mol. The Morgan fingerprint density at radius 2 is 0.924 bits per heavy atom. The molecule has 0 unspecified atom stereocenters. The normalized spacial score (nSPS) is 14.5. The van der Waals surface area contributed by atoms with Crippen LogP contribution in [0.4, 0.5) is 11.4 Å². The smallest absolute Gasteiger partial charge is 0.286 e. The van der Waals surface area contributed by atoms with Crippen LogP contribution in [0, 0.1) is 0 Å². The summed E-state index contributed by atoms with van der Waals surface area (Å²) in [7, 11) is -25.5. The fraction of sp³-hybridized carbons (Fsp3) is 0.389. The minimum absolute atomic E-state index is 0.107. The van der Waals surface area contributed by atoms with Gasteiger partial charge >= 0.3 is 31.8 Å². The van der Waals surface area contributed by atoms with E-state index in [0.717, 1.165) is 39.5 Å². The van der Waals surface area contributed by atoms with Crippen LogP contribution in [0.15, 0.2) is 79.3 Å². The van der Waals surface area contributed by atoms with Gasteiger partial charge in [0.1, 0.15) is 0 Å². The molecule has 6 rings (SSSR count). The average Bonchev–Trinajstić information content (AvgIpc) is 3.54. The number of aliphatic imine (C=N–C) groups is 2. The Hall–Kier alpha value is -4.76. The van der Waals surface area contributed by atoms with E-state index in [1.807, 2.05) is 45.9 Å². The topological polar surface area (TPSA) is 371 Å². The molecule has 0 bridgehead atoms. The standard InChI is InChI=1S/C19H25N3O7S3.C17H20N2O2S.3O3S/c1-5-20-31(26,27)13-10-15-14(6-7-16-18(15)19(3,4)12(2)22-16)17(11-13)32(28,29)21-8-9-30(23,24)25;1-5-18-22(20,21)13-8-6-12-7-9-15-16(14(12)10-13)17(3,4)11(2)19-15;3*1-4(2)3/h6-7,10-11,20-21H,5,8-9H2,1-4H3,(H,23,24,25);6-10,18H,5H2,1-4H3;;;. The van der Waals surface area contributed by atoms with Crippen LogP contribution < -0.4 is 14.2 Å². The SMILES string of the molecule is CCNS(=O)(=O)c1cc(S(=O)(=O)NCCS(=O)(=O)O)c2ccc3c(c2c1)C(C)(C)C(C)=N3.CCNS(=O)(=O)c1ccc2ccc3c(c2c1)C(C)(C)C(C)=N3.O=S(=O)=O.O=S(=O)=O.O=S(=O)=O. The Kier molecular flexibility index (Phi) is 19.4. The summed E-state index contributed by atoms with van der Waals surface area (Å²) in [5, 5.41) is 2.69. The molecule has 2 aliphatic heterocycles. The summed E-state index contributed by atoms with van der Waals surface area (Å²) in [5.74, 6) is -0.824. The third-order valence-corrected chi connectivity index (χ3v) is 15.2. The van der Waals surface area contributed by atoms with Crippen molar-refractivity contribution in [3.63, 3.8) is 0 Å². The predicted molar refractivity (Wildman–Crippen MR) is 242 cm³/mol. The third kappa shape index (κ3) is 14.9. The van der Waals surface area contributed by atoms with Crippen molar-refractivity contribution < 1.29 is 76.1 Å². The van der Waals surface area contributed by atoms with Crippen LogP contribution in [0.25, 0.3) is 21.5 Å². The van der Waals surface area contributed by atoms with E-state index in [-0.39, 0.29) is 27.1 Å². The third-order valence-electron chi connectivity index (χ3n) is 9.89. The molecule has 364 valence electrons. The Morgan fingerprint density at radius 3 is 1.36 bits per heavy atom. The molecule has 4 N–H and O–H groups in total. The summed E-state index contributed by atoms with van der Waals surface area (Å²) in [6, 6.07) is 15.0. The zero-order valence-corrected chi connectivity index (χ0v) is 41.9. The van der Waals surface area contributed by atoms with Crippen molar-refractivity contribution >= 4 is 116 Å². The van der Waals surface area contributed by atoms with Crippen molar-refractivity contribution in [1.29, 1.82) is 0 Å². The minimum atomic E-state index is -4.39. The predicted octanol–water partition coefficient (Wildman–Crippen LogP) is 2.20. The number of sulfonamides is 3. The van der Waals surface area contributed by atoms with Crippen LogP contribution in [0.5, 0.6) is 0 Å². The second-order valence-electron chi connectivity index (χ2n) is 14.8. The molecule has 0 amide bonds. The van der Waals surface area contributed by atoms with Gasteiger partial charge in [-0.3, -0.25) is 14.5 Å². The molecular weight excluding hydrogens is 1010 g/mol. The van der Waals surface area contributed by atoms with Crippen LogP contribution in [0.2, 0.25) is 0 Å². The first-order valence-corrected chi connectivity index (χ1v) is 27.7. The number of hydrogen-bond donors (Lipinski definition) is 4. The highest BCUT2D eigenvalue weighted by Crippen LogP contribution is 2.46. The maximum Gasteiger partial charge on any atom is 0.425 e. The van der Waals surface area contributed by atoms with E-state index in [9.17, 15) is 33.7 Å². The summed E-state index contributed by atoms with van der Waals surface area (Å²) >= 11 is 0. The van der Waals surface area contributed by atoms with E-state index in [1.54, 1.807) is 38.1 Å². The van der Waals surface area contributed by atoms with Gasteiger partial charge in [-0.15, -0.1) is 37.9 Å². The molecule has 0 saturated carbocycles. The number of rotatable bonds is 11. The number of nitrogens with zero attached hydrogens (tertiary/aromatic N) is 2. The van der Waals surface area contributed by atoms with Crippen molar-refractivity contribution in [2.75, 3.05) is 25.4 Å². The van der Waals surface area contributed by atoms with Crippen LogP contribution in [-0.4, -0.2) is 113 Å². The lowest BCUT2D eigenvalue weighted by molar-refractivity contribution is 0.482. The van der Waals surface area contributed by atoms with Crippen molar-refractivity contribution in [2.24, 2.45) is 9.98 Å². The zero-order valence-electron chi connectivity index (χ0n) is 36.2. The highest BCUT2D eigenvalue weighted by Gasteiger charge is 2.36. The molecule has 0 spiro atoms. The lowest BCUT2D eigenvalue weighted by atomic mass is 9.80. The molecule has 4 aromatic rings. The van der Waals surface area contributed by atoms with Gasteiger partial charge in [0, 0.05) is 47.3 Å². The van der Waals surface area contributed by atoms with Crippen molar-refractivity contribution in [2.45, 2.75) is 80.9 Å². The molecule has 0 fully saturated rings. The summed E-state index contributed by atoms with van der Waals surface area (Å²) in [5.41, 5.74) is 4.48. The molecule has 0 aromatic heterocycles. The Bertz CT molecular complexity index is 3340. The number of hydrogen-bond acceptors (Lipinski definition) is 19. The van der Waals surface area contributed by atoms with E-state index >= 15 is 0 Å². The molecule has 0 radical (unpaired) electrons. The molecule has 2 heterocycles.